The lowest BCUT2D eigenvalue weighted by Crippen LogP contribution is -2.29. The Kier molecular flexibility index (Phi) is 6.90. The molecule has 1 heterocycles. The van der Waals surface area contributed by atoms with Crippen molar-refractivity contribution in [2.45, 2.75) is 17.4 Å². The van der Waals surface area contributed by atoms with Crippen LogP contribution in [0, 0.1) is 5.82 Å². The summed E-state index contributed by atoms with van der Waals surface area (Å²) in [5, 5.41) is 7.29. The number of methoxy groups -OCH3 is 1. The van der Waals surface area contributed by atoms with E-state index in [1.165, 1.54) is 18.2 Å². The molecule has 0 aliphatic carbocycles. The third kappa shape index (κ3) is 5.14. The van der Waals surface area contributed by atoms with Crippen molar-refractivity contribution in [3.8, 4) is 5.75 Å². The van der Waals surface area contributed by atoms with E-state index in [1.807, 2.05) is 24.3 Å². The monoisotopic (exact) mass is 507 g/mol. The predicted molar refractivity (Wildman–Crippen MR) is 128 cm³/mol. The molecule has 1 N–H and O–H groups in total. The third-order valence-electron chi connectivity index (χ3n) is 5.22. The lowest BCUT2D eigenvalue weighted by atomic mass is 10.0. The summed E-state index contributed by atoms with van der Waals surface area (Å²) in [5.41, 5.74) is 2.15. The van der Waals surface area contributed by atoms with Gasteiger partial charge in [-0.3, -0.25) is 5.01 Å². The van der Waals surface area contributed by atoms with Crippen molar-refractivity contribution < 1.29 is 17.5 Å². The van der Waals surface area contributed by atoms with Crippen LogP contribution < -0.4 is 14.5 Å². The van der Waals surface area contributed by atoms with Crippen LogP contribution in [0.3, 0.4) is 0 Å². The average Bonchev–Trinajstić information content (AvgIpc) is 3.22. The summed E-state index contributed by atoms with van der Waals surface area (Å²) < 4.78 is 46.9. The Morgan fingerprint density at radius 1 is 1.12 bits per heavy atom. The van der Waals surface area contributed by atoms with Crippen molar-refractivity contribution >= 4 is 44.6 Å². The number of sulfonamides is 1. The first-order chi connectivity index (χ1) is 15.8. The van der Waals surface area contributed by atoms with Gasteiger partial charge in [0.25, 0.3) is 0 Å². The van der Waals surface area contributed by atoms with E-state index in [-0.39, 0.29) is 12.6 Å². The minimum absolute atomic E-state index is 0.0783. The van der Waals surface area contributed by atoms with Crippen LogP contribution >= 0.6 is 23.2 Å². The minimum atomic E-state index is -4.05. The lowest BCUT2D eigenvalue weighted by molar-refractivity contribution is 0.414. The van der Waals surface area contributed by atoms with Crippen molar-refractivity contribution in [3.63, 3.8) is 0 Å². The summed E-state index contributed by atoms with van der Waals surface area (Å²) in [5.74, 6) is -0.101. The lowest BCUT2D eigenvalue weighted by Gasteiger charge is -2.25. The molecule has 172 valence electrons. The number of hydrazone groups is 1. The molecule has 6 nitrogen and oxygen atoms in total. The van der Waals surface area contributed by atoms with Gasteiger partial charge in [0, 0.05) is 11.4 Å². The molecule has 4 rings (SSSR count). The van der Waals surface area contributed by atoms with E-state index in [2.05, 4.69) is 9.82 Å². The molecule has 0 radical (unpaired) electrons. The number of nitrogens with zero attached hydrogens (tertiary/aromatic N) is 2. The normalized spacial score (nSPS) is 16.1. The number of nitrogens with one attached hydrogen (secondary N) is 1. The van der Waals surface area contributed by atoms with Crippen LogP contribution in [0.15, 0.2) is 76.7 Å². The molecule has 3 aromatic carbocycles. The quantitative estimate of drug-likeness (QED) is 0.462. The van der Waals surface area contributed by atoms with E-state index in [4.69, 9.17) is 27.9 Å². The molecule has 10 heteroatoms. The highest BCUT2D eigenvalue weighted by atomic mass is 35.5. The van der Waals surface area contributed by atoms with Crippen LogP contribution in [0.1, 0.15) is 18.0 Å². The molecular weight excluding hydrogens is 488 g/mol. The van der Waals surface area contributed by atoms with Crippen LogP contribution in [-0.4, -0.2) is 27.8 Å². The first-order valence-corrected chi connectivity index (χ1v) is 12.2. The zero-order chi connectivity index (χ0) is 23.6. The standard InChI is InChI=1S/C23H20Cl2FN3O3S/c1-32-18-9-6-15(7-10-18)22-13-17(28-29(22)21-11-8-16(24)12-19(21)25)14-27-33(30,31)23-5-3-2-4-20(23)26/h2-12,22,27H,13-14H2,1H3. The second kappa shape index (κ2) is 9.69. The fourth-order valence-electron chi connectivity index (χ4n) is 3.57. The molecule has 0 bridgehead atoms. The van der Waals surface area contributed by atoms with Crippen molar-refractivity contribution in [1.82, 2.24) is 4.72 Å². The van der Waals surface area contributed by atoms with Gasteiger partial charge in [-0.15, -0.1) is 0 Å². The second-order valence-corrected chi connectivity index (χ2v) is 9.93. The molecule has 1 aliphatic rings. The zero-order valence-electron chi connectivity index (χ0n) is 17.5. The van der Waals surface area contributed by atoms with Gasteiger partial charge in [-0.1, -0.05) is 47.5 Å². The highest BCUT2D eigenvalue weighted by molar-refractivity contribution is 7.89. The van der Waals surface area contributed by atoms with Gasteiger partial charge in [-0.25, -0.2) is 17.5 Å². The van der Waals surface area contributed by atoms with Crippen LogP contribution in [-0.2, 0) is 10.0 Å². The zero-order valence-corrected chi connectivity index (χ0v) is 19.8. The van der Waals surface area contributed by atoms with E-state index in [9.17, 15) is 12.8 Å². The van der Waals surface area contributed by atoms with Crippen molar-refractivity contribution in [3.05, 3.63) is 88.2 Å². The van der Waals surface area contributed by atoms with Gasteiger partial charge in [-0.05, 0) is 48.0 Å². The van der Waals surface area contributed by atoms with Gasteiger partial charge in [0.15, 0.2) is 0 Å². The number of hydrogen-bond donors (Lipinski definition) is 1. The molecule has 0 aromatic heterocycles. The van der Waals surface area contributed by atoms with Gasteiger partial charge in [0.05, 0.1) is 36.1 Å². The Bertz CT molecular complexity index is 1300. The minimum Gasteiger partial charge on any atom is -0.497 e. The summed E-state index contributed by atoms with van der Waals surface area (Å²) in [6, 6.07) is 17.6. The second-order valence-electron chi connectivity index (χ2n) is 7.35. The maximum absolute atomic E-state index is 14.0. The Hall–Kier alpha value is -2.65. The van der Waals surface area contributed by atoms with E-state index in [1.54, 1.807) is 30.3 Å². The van der Waals surface area contributed by atoms with Gasteiger partial charge >= 0.3 is 0 Å². The summed E-state index contributed by atoms with van der Waals surface area (Å²) in [7, 11) is -2.46. The number of benzene rings is 3. The number of ether oxygens (including phenoxy) is 1. The smallest absolute Gasteiger partial charge is 0.243 e. The molecule has 33 heavy (non-hydrogen) atoms. The third-order valence-corrected chi connectivity index (χ3v) is 7.20. The maximum Gasteiger partial charge on any atom is 0.243 e. The van der Waals surface area contributed by atoms with Gasteiger partial charge in [0.2, 0.25) is 10.0 Å². The average molecular weight is 508 g/mol. The Balaban J connectivity index is 1.62. The summed E-state index contributed by atoms with van der Waals surface area (Å²) in [6.07, 6.45) is 0.436. The van der Waals surface area contributed by atoms with E-state index < -0.39 is 20.7 Å². The maximum atomic E-state index is 14.0. The molecule has 0 saturated heterocycles. The fraction of sp³-hybridized carbons (Fsp3) is 0.174. The Morgan fingerprint density at radius 2 is 1.85 bits per heavy atom. The van der Waals surface area contributed by atoms with Crippen LogP contribution in [0.4, 0.5) is 10.1 Å². The van der Waals surface area contributed by atoms with E-state index in [0.717, 1.165) is 11.6 Å². The Labute approximate surface area is 201 Å². The van der Waals surface area contributed by atoms with Crippen LogP contribution in [0.2, 0.25) is 10.0 Å². The van der Waals surface area contributed by atoms with Gasteiger partial charge in [-0.2, -0.15) is 5.10 Å². The summed E-state index contributed by atoms with van der Waals surface area (Å²) >= 11 is 12.5. The van der Waals surface area contributed by atoms with Crippen LogP contribution in [0.25, 0.3) is 0 Å². The highest BCUT2D eigenvalue weighted by Gasteiger charge is 2.31. The first-order valence-electron chi connectivity index (χ1n) is 9.97. The molecular formula is C23H20Cl2FN3O3S. The van der Waals surface area contributed by atoms with Crippen LogP contribution in [0.5, 0.6) is 5.75 Å². The molecule has 0 fully saturated rings. The van der Waals surface area contributed by atoms with Gasteiger partial charge in [0.1, 0.15) is 16.5 Å². The van der Waals surface area contributed by atoms with Crippen molar-refractivity contribution in [2.75, 3.05) is 18.7 Å². The molecule has 0 amide bonds. The molecule has 0 saturated carbocycles. The summed E-state index contributed by atoms with van der Waals surface area (Å²) in [6.45, 7) is -0.0783. The predicted octanol–water partition coefficient (Wildman–Crippen LogP) is 5.43. The topological polar surface area (TPSA) is 71.0 Å². The highest BCUT2D eigenvalue weighted by Crippen LogP contribution is 2.39. The van der Waals surface area contributed by atoms with E-state index in [0.29, 0.717) is 33.6 Å². The first kappa shape index (κ1) is 23.5. The molecule has 1 aliphatic heterocycles. The molecule has 1 unspecified atom stereocenters. The summed E-state index contributed by atoms with van der Waals surface area (Å²) in [4.78, 5) is -0.409. The largest absolute Gasteiger partial charge is 0.497 e. The fourth-order valence-corrected chi connectivity index (χ4v) is 5.16. The number of anilines is 1. The van der Waals surface area contributed by atoms with Crippen molar-refractivity contribution in [1.29, 1.82) is 0 Å². The Morgan fingerprint density at radius 3 is 2.52 bits per heavy atom. The SMILES string of the molecule is COc1ccc(C2CC(CNS(=O)(=O)c3ccccc3F)=NN2c2ccc(Cl)cc2Cl)cc1. The number of hydrogen-bond acceptors (Lipinski definition) is 5. The van der Waals surface area contributed by atoms with Gasteiger partial charge < -0.3 is 4.74 Å². The number of halogens is 3. The molecule has 0 spiro atoms. The van der Waals surface area contributed by atoms with E-state index >= 15 is 0 Å². The van der Waals surface area contributed by atoms with Crippen molar-refractivity contribution in [2.24, 2.45) is 5.10 Å². The molecule has 3 aromatic rings. The number of rotatable bonds is 7. The molecule has 1 atom stereocenters.